The van der Waals surface area contributed by atoms with Crippen molar-refractivity contribution >= 4 is 17.9 Å². The van der Waals surface area contributed by atoms with Crippen molar-refractivity contribution in [3.63, 3.8) is 0 Å². The van der Waals surface area contributed by atoms with Crippen molar-refractivity contribution in [2.75, 3.05) is 47.5 Å². The Balaban J connectivity index is 4.29. The van der Waals surface area contributed by atoms with Crippen LogP contribution in [-0.4, -0.2) is 87.4 Å². The molecule has 0 aliphatic carbocycles. The van der Waals surface area contributed by atoms with Crippen molar-refractivity contribution in [3.05, 3.63) is 122 Å². The largest absolute Gasteiger partial charge is 0.477 e. The third kappa shape index (κ3) is 63.1. The van der Waals surface area contributed by atoms with Gasteiger partial charge in [-0.15, -0.1) is 0 Å². The third-order valence-electron chi connectivity index (χ3n) is 13.7. The van der Waals surface area contributed by atoms with Gasteiger partial charge in [-0.2, -0.15) is 0 Å². The van der Waals surface area contributed by atoms with Crippen LogP contribution in [0, 0.1) is 0 Å². The van der Waals surface area contributed by atoms with E-state index >= 15 is 0 Å². The minimum absolute atomic E-state index is 0.175. The molecule has 81 heavy (non-hydrogen) atoms. The van der Waals surface area contributed by atoms with Gasteiger partial charge in [-0.1, -0.05) is 257 Å². The molecule has 0 spiro atoms. The zero-order valence-electron chi connectivity index (χ0n) is 52.7. The number of quaternary nitrogens is 1. The van der Waals surface area contributed by atoms with E-state index in [0.717, 1.165) is 96.3 Å². The van der Waals surface area contributed by atoms with Crippen LogP contribution < -0.4 is 0 Å². The Morgan fingerprint density at radius 3 is 1.07 bits per heavy atom. The lowest BCUT2D eigenvalue weighted by molar-refractivity contribution is -0.870. The first-order valence-corrected chi connectivity index (χ1v) is 32.7. The van der Waals surface area contributed by atoms with E-state index < -0.39 is 24.3 Å². The molecule has 0 amide bonds. The molecule has 0 aromatic carbocycles. The number of unbranched alkanes of at least 4 members (excludes halogenated alkanes) is 24. The molecule has 0 bridgehead atoms. The number of likely N-dealkylation sites (N-methyl/N-ethyl adjacent to an activating group) is 1. The summed E-state index contributed by atoms with van der Waals surface area (Å²) in [4.78, 5) is 37.5. The van der Waals surface area contributed by atoms with Crippen LogP contribution in [0.2, 0.25) is 0 Å². The SMILES string of the molecule is CC/C=C\C/C=C\C/C=C\C/C=C\C/C=C\C/C=C\C/C=C\C/C=C\C/C=C\CCCCCC(=O)OC(COC(=O)CCCCCCCCCCCCCCC/C=C\CCCCCCCCCC)COC(OCC[N+](C)(C)C)C(=O)O. The Morgan fingerprint density at radius 2 is 0.704 bits per heavy atom. The van der Waals surface area contributed by atoms with Gasteiger partial charge in [-0.05, 0) is 109 Å². The van der Waals surface area contributed by atoms with Gasteiger partial charge in [-0.3, -0.25) is 9.59 Å². The van der Waals surface area contributed by atoms with Crippen molar-refractivity contribution in [3.8, 4) is 0 Å². The van der Waals surface area contributed by atoms with E-state index in [4.69, 9.17) is 18.9 Å². The second kappa shape index (κ2) is 61.8. The highest BCUT2D eigenvalue weighted by Crippen LogP contribution is 2.16. The van der Waals surface area contributed by atoms with Crippen molar-refractivity contribution in [1.82, 2.24) is 0 Å². The van der Waals surface area contributed by atoms with Gasteiger partial charge in [0, 0.05) is 12.8 Å². The average molecular weight is 1130 g/mol. The highest BCUT2D eigenvalue weighted by molar-refractivity contribution is 5.71. The molecule has 0 aromatic heterocycles. The van der Waals surface area contributed by atoms with Gasteiger partial charge in [0.15, 0.2) is 6.10 Å². The number of rotatable bonds is 59. The highest BCUT2D eigenvalue weighted by Gasteiger charge is 2.25. The second-order valence-electron chi connectivity index (χ2n) is 22.7. The van der Waals surface area contributed by atoms with Crippen LogP contribution in [0.4, 0.5) is 0 Å². The fourth-order valence-electron chi connectivity index (χ4n) is 8.71. The Labute approximate surface area is 497 Å². The lowest BCUT2D eigenvalue weighted by Crippen LogP contribution is -2.40. The first-order valence-electron chi connectivity index (χ1n) is 32.7. The van der Waals surface area contributed by atoms with Gasteiger partial charge in [0.25, 0.3) is 6.29 Å². The minimum atomic E-state index is -1.53. The van der Waals surface area contributed by atoms with Crippen molar-refractivity contribution in [1.29, 1.82) is 0 Å². The number of carboxylic acid groups (broad SMARTS) is 1. The van der Waals surface area contributed by atoms with E-state index in [1.165, 1.54) is 128 Å². The van der Waals surface area contributed by atoms with Crippen LogP contribution in [0.1, 0.15) is 258 Å². The number of allylic oxidation sites excluding steroid dienone is 20. The lowest BCUT2D eigenvalue weighted by Gasteiger charge is -2.25. The molecule has 9 heteroatoms. The summed E-state index contributed by atoms with van der Waals surface area (Å²) >= 11 is 0. The summed E-state index contributed by atoms with van der Waals surface area (Å²) in [5.74, 6) is -2.06. The van der Waals surface area contributed by atoms with Crippen molar-refractivity contribution in [2.45, 2.75) is 270 Å². The number of aliphatic carboxylic acids is 1. The number of hydrogen-bond donors (Lipinski definition) is 1. The summed E-state index contributed by atoms with van der Waals surface area (Å²) in [5, 5.41) is 9.73. The molecule has 0 rings (SSSR count). The predicted octanol–water partition coefficient (Wildman–Crippen LogP) is 20.0. The molecule has 9 nitrogen and oxygen atoms in total. The molecule has 0 saturated carbocycles. The molecule has 0 heterocycles. The molecular weight excluding hydrogens is 1010 g/mol. The van der Waals surface area contributed by atoms with Crippen LogP contribution in [0.3, 0.4) is 0 Å². The normalized spacial score (nSPS) is 13.5. The minimum Gasteiger partial charge on any atom is -0.477 e. The van der Waals surface area contributed by atoms with Gasteiger partial charge in [-0.25, -0.2) is 4.79 Å². The topological polar surface area (TPSA) is 108 Å². The monoisotopic (exact) mass is 1130 g/mol. The smallest absolute Gasteiger partial charge is 0.361 e. The molecule has 462 valence electrons. The summed E-state index contributed by atoms with van der Waals surface area (Å²) in [6.07, 6.45) is 84.4. The maximum atomic E-state index is 12.9. The zero-order valence-corrected chi connectivity index (χ0v) is 52.7. The number of hydrogen-bond acceptors (Lipinski definition) is 7. The fourth-order valence-corrected chi connectivity index (χ4v) is 8.71. The van der Waals surface area contributed by atoms with E-state index in [9.17, 15) is 19.5 Å². The quantitative estimate of drug-likeness (QED) is 0.0211. The maximum Gasteiger partial charge on any atom is 0.361 e. The third-order valence-corrected chi connectivity index (χ3v) is 13.7. The van der Waals surface area contributed by atoms with Crippen molar-refractivity contribution in [2.24, 2.45) is 0 Å². The van der Waals surface area contributed by atoms with E-state index in [2.05, 4.69) is 135 Å². The predicted molar refractivity (Wildman–Crippen MR) is 345 cm³/mol. The molecular formula is C72H122NO8+. The van der Waals surface area contributed by atoms with E-state index in [0.29, 0.717) is 17.4 Å². The Kier molecular flexibility index (Phi) is 58.5. The first-order chi connectivity index (χ1) is 39.6. The summed E-state index contributed by atoms with van der Waals surface area (Å²) < 4.78 is 22.9. The number of esters is 2. The number of carboxylic acids is 1. The van der Waals surface area contributed by atoms with Crippen LogP contribution in [0.5, 0.6) is 0 Å². The average Bonchev–Trinajstić information content (AvgIpc) is 3.44. The van der Waals surface area contributed by atoms with Gasteiger partial charge in [0.2, 0.25) is 0 Å². The molecule has 2 atom stereocenters. The van der Waals surface area contributed by atoms with Gasteiger partial charge in [0.05, 0.1) is 34.4 Å². The van der Waals surface area contributed by atoms with Gasteiger partial charge >= 0.3 is 17.9 Å². The molecule has 0 aromatic rings. The summed E-state index contributed by atoms with van der Waals surface area (Å²) in [6, 6.07) is 0. The molecule has 2 unspecified atom stereocenters. The van der Waals surface area contributed by atoms with Crippen LogP contribution >= 0.6 is 0 Å². The van der Waals surface area contributed by atoms with Crippen LogP contribution in [0.25, 0.3) is 0 Å². The number of carbonyl (C=O) groups excluding carboxylic acids is 2. The number of nitrogens with zero attached hydrogens (tertiary/aromatic N) is 1. The molecule has 0 aliphatic heterocycles. The molecule has 1 N–H and O–H groups in total. The van der Waals surface area contributed by atoms with Crippen LogP contribution in [-0.2, 0) is 33.3 Å². The molecule has 0 aliphatic rings. The van der Waals surface area contributed by atoms with E-state index in [-0.39, 0.29) is 38.6 Å². The molecule has 0 fully saturated rings. The Hall–Kier alpha value is -4.31. The maximum absolute atomic E-state index is 12.9. The first kappa shape index (κ1) is 76.7. The van der Waals surface area contributed by atoms with E-state index in [1.807, 2.05) is 21.1 Å². The number of carbonyl (C=O) groups is 3. The zero-order chi connectivity index (χ0) is 59.1. The fraction of sp³-hybridized carbons (Fsp3) is 0.681. The Morgan fingerprint density at radius 1 is 0.383 bits per heavy atom. The molecule has 0 radical (unpaired) electrons. The van der Waals surface area contributed by atoms with E-state index in [1.54, 1.807) is 0 Å². The van der Waals surface area contributed by atoms with Crippen LogP contribution in [0.15, 0.2) is 122 Å². The summed E-state index contributed by atoms with van der Waals surface area (Å²) in [5.41, 5.74) is 0. The second-order valence-corrected chi connectivity index (χ2v) is 22.7. The van der Waals surface area contributed by atoms with Gasteiger partial charge in [0.1, 0.15) is 13.2 Å². The summed E-state index contributed by atoms with van der Waals surface area (Å²) in [7, 11) is 5.95. The Bertz CT molecular complexity index is 1740. The standard InChI is InChI=1S/C72H121NO8/c1-6-8-10-12-14-16-18-20-22-24-26-28-30-32-33-34-35-36-37-39-41-43-45-47-49-51-53-55-57-59-61-63-70(75)81-68(67-80-72(71(76)77)78-65-64-73(3,4)5)66-79-69(74)62-60-58-56-54-52-50-48-46-44-42-40-38-31-29-27-25-23-21-19-17-15-13-11-9-7-2/h8,10,14,16,20,22,25-28,32-33,35-36,39,41,45,47,51,53,68,72H,6-7,9,11-13,15,17-19,21,23-24,29-31,34,37-38,40,42-44,46,48-50,52,54-67H2,1-5H3/p+1/b10-8-,16-14-,22-20-,27-25-,28-26-,33-32-,36-35-,41-39-,47-45-,53-51-. The van der Waals surface area contributed by atoms with Crippen molar-refractivity contribution < 1.29 is 42.9 Å². The lowest BCUT2D eigenvalue weighted by atomic mass is 10.0. The highest BCUT2D eigenvalue weighted by atomic mass is 16.7. The number of ether oxygens (including phenoxy) is 4. The van der Waals surface area contributed by atoms with Gasteiger partial charge < -0.3 is 28.5 Å². The molecule has 0 saturated heterocycles. The summed E-state index contributed by atoms with van der Waals surface area (Å²) in [6.45, 7) is 4.73.